The maximum Gasteiger partial charge on any atom is 0.305 e. The van der Waals surface area contributed by atoms with Crippen molar-refractivity contribution in [3.63, 3.8) is 0 Å². The molecule has 28 heavy (non-hydrogen) atoms. The second-order valence-corrected chi connectivity index (χ2v) is 6.38. The molecule has 0 fully saturated rings. The fraction of sp³-hybridized carbons (Fsp3) is 0.650. The lowest BCUT2D eigenvalue weighted by Crippen LogP contribution is -2.41. The summed E-state index contributed by atoms with van der Waals surface area (Å²) in [4.78, 5) is 36.0. The van der Waals surface area contributed by atoms with Gasteiger partial charge in [-0.25, -0.2) is 0 Å². The number of nitrogens with one attached hydrogen (secondary N) is 2. The largest absolute Gasteiger partial charge is 0.464 e. The van der Waals surface area contributed by atoms with Crippen molar-refractivity contribution in [1.29, 1.82) is 0 Å². The second kappa shape index (κ2) is 16.9. The zero-order valence-electron chi connectivity index (χ0n) is 16.8. The molecule has 0 rings (SSSR count). The van der Waals surface area contributed by atoms with Gasteiger partial charge in [-0.2, -0.15) is 0 Å². The molecule has 0 aliphatic heterocycles. The van der Waals surface area contributed by atoms with Crippen molar-refractivity contribution in [3.05, 3.63) is 25.3 Å². The Morgan fingerprint density at radius 3 is 2.57 bits per heavy atom. The van der Waals surface area contributed by atoms with E-state index in [2.05, 4.69) is 23.8 Å². The summed E-state index contributed by atoms with van der Waals surface area (Å²) in [6.45, 7) is 9.78. The predicted molar refractivity (Wildman–Crippen MR) is 106 cm³/mol. The number of rotatable bonds is 17. The van der Waals surface area contributed by atoms with Gasteiger partial charge in [-0.05, 0) is 26.2 Å². The predicted octanol–water partition coefficient (Wildman–Crippen LogP) is 1.10. The van der Waals surface area contributed by atoms with Crippen LogP contribution < -0.4 is 10.6 Å². The zero-order chi connectivity index (χ0) is 21.2. The van der Waals surface area contributed by atoms with Crippen LogP contribution in [0.3, 0.4) is 0 Å². The van der Waals surface area contributed by atoms with Crippen molar-refractivity contribution in [1.82, 2.24) is 10.6 Å². The summed E-state index contributed by atoms with van der Waals surface area (Å²) >= 11 is 0. The topological polar surface area (TPSA) is 114 Å². The average molecular weight is 399 g/mol. The van der Waals surface area contributed by atoms with Gasteiger partial charge in [-0.1, -0.05) is 12.2 Å². The molecule has 8 nitrogen and oxygen atoms in total. The Labute approximate surface area is 167 Å². The van der Waals surface area contributed by atoms with E-state index in [1.807, 2.05) is 0 Å². The minimum atomic E-state index is -0.554. The van der Waals surface area contributed by atoms with Crippen LogP contribution >= 0.6 is 0 Å². The Balaban J connectivity index is 4.25. The summed E-state index contributed by atoms with van der Waals surface area (Å²) < 4.78 is 10.2. The van der Waals surface area contributed by atoms with E-state index >= 15 is 0 Å². The Kier molecular flexibility index (Phi) is 15.6. The van der Waals surface area contributed by atoms with Gasteiger partial charge in [0.25, 0.3) is 0 Å². The van der Waals surface area contributed by atoms with Gasteiger partial charge in [0.2, 0.25) is 11.8 Å². The van der Waals surface area contributed by atoms with E-state index < -0.39 is 5.92 Å². The lowest BCUT2D eigenvalue weighted by Gasteiger charge is -2.19. The number of carbonyl (C=O) groups excluding carboxylic acids is 3. The third kappa shape index (κ3) is 13.9. The molecule has 3 N–H and O–H groups in total. The fourth-order valence-corrected chi connectivity index (χ4v) is 2.29. The Morgan fingerprint density at radius 1 is 1.18 bits per heavy atom. The molecule has 2 amide bonds. The van der Waals surface area contributed by atoms with Gasteiger partial charge in [0.05, 0.1) is 31.8 Å². The SMILES string of the molecule is C=CCCCC(=O)OC[C@H](C)NC(=O)[C@H](CC=C)CC(=O)NCCOCCO. The molecule has 0 radical (unpaired) electrons. The van der Waals surface area contributed by atoms with Crippen LogP contribution in [-0.4, -0.2) is 61.9 Å². The van der Waals surface area contributed by atoms with Crippen molar-refractivity contribution < 1.29 is 29.0 Å². The molecule has 0 aliphatic rings. The van der Waals surface area contributed by atoms with E-state index in [1.165, 1.54) is 0 Å². The maximum atomic E-state index is 12.4. The van der Waals surface area contributed by atoms with Crippen LogP contribution in [0.4, 0.5) is 0 Å². The number of hydrogen-bond acceptors (Lipinski definition) is 6. The first kappa shape index (κ1) is 25.8. The van der Waals surface area contributed by atoms with E-state index in [4.69, 9.17) is 14.6 Å². The number of hydrogen-bond donors (Lipinski definition) is 3. The number of ether oxygens (including phenoxy) is 2. The molecule has 0 aromatic rings. The number of aliphatic hydroxyl groups excluding tert-OH is 1. The molecule has 2 atom stereocenters. The molecule has 0 saturated carbocycles. The lowest BCUT2D eigenvalue weighted by molar-refractivity contribution is -0.145. The molecule has 0 spiro atoms. The highest BCUT2D eigenvalue weighted by atomic mass is 16.5. The molecule has 160 valence electrons. The molecule has 0 aliphatic carbocycles. The second-order valence-electron chi connectivity index (χ2n) is 6.38. The molecular formula is C20H34N2O6. The normalized spacial score (nSPS) is 12.5. The molecule has 0 bridgehead atoms. The van der Waals surface area contributed by atoms with E-state index in [9.17, 15) is 14.4 Å². The Morgan fingerprint density at radius 2 is 1.93 bits per heavy atom. The highest BCUT2D eigenvalue weighted by Crippen LogP contribution is 2.10. The van der Waals surface area contributed by atoms with Gasteiger partial charge in [0, 0.05) is 19.4 Å². The standard InChI is InChI=1S/C20H34N2O6/c1-4-6-7-9-19(25)28-15-16(3)22-20(26)17(8-5-2)14-18(24)21-10-12-27-13-11-23/h4-5,16-17,23H,1-2,6-15H2,3H3,(H,21,24)(H,22,26)/t16-,17+/m0/s1. The Hall–Kier alpha value is -2.19. The number of aliphatic hydroxyl groups is 1. The van der Waals surface area contributed by atoms with Gasteiger partial charge >= 0.3 is 5.97 Å². The highest BCUT2D eigenvalue weighted by molar-refractivity contribution is 5.86. The van der Waals surface area contributed by atoms with Gasteiger partial charge in [0.1, 0.15) is 6.61 Å². The van der Waals surface area contributed by atoms with Crippen LogP contribution in [0, 0.1) is 5.92 Å². The summed E-state index contributed by atoms with van der Waals surface area (Å²) in [6, 6.07) is -0.363. The molecule has 0 aromatic carbocycles. The van der Waals surface area contributed by atoms with Crippen molar-refractivity contribution >= 4 is 17.8 Å². The van der Waals surface area contributed by atoms with Crippen LogP contribution in [0.15, 0.2) is 25.3 Å². The monoisotopic (exact) mass is 398 g/mol. The first-order valence-electron chi connectivity index (χ1n) is 9.57. The quantitative estimate of drug-likeness (QED) is 0.192. The molecule has 0 unspecified atom stereocenters. The van der Waals surface area contributed by atoms with Crippen LogP contribution in [-0.2, 0) is 23.9 Å². The smallest absolute Gasteiger partial charge is 0.305 e. The van der Waals surface area contributed by atoms with E-state index in [0.717, 1.165) is 6.42 Å². The van der Waals surface area contributed by atoms with Crippen molar-refractivity contribution in [3.8, 4) is 0 Å². The van der Waals surface area contributed by atoms with Crippen molar-refractivity contribution in [2.24, 2.45) is 5.92 Å². The third-order valence-electron chi connectivity index (χ3n) is 3.73. The zero-order valence-corrected chi connectivity index (χ0v) is 16.8. The van der Waals surface area contributed by atoms with E-state index in [-0.39, 0.29) is 50.1 Å². The van der Waals surface area contributed by atoms with Crippen molar-refractivity contribution in [2.45, 2.75) is 45.1 Å². The number of esters is 1. The Bertz CT molecular complexity index is 495. The van der Waals surface area contributed by atoms with Crippen LogP contribution in [0.1, 0.15) is 39.0 Å². The summed E-state index contributed by atoms with van der Waals surface area (Å²) in [5.41, 5.74) is 0. The first-order valence-corrected chi connectivity index (χ1v) is 9.57. The van der Waals surface area contributed by atoms with Gasteiger partial charge < -0.3 is 25.2 Å². The fourth-order valence-electron chi connectivity index (χ4n) is 2.29. The lowest BCUT2D eigenvalue weighted by atomic mass is 9.99. The van der Waals surface area contributed by atoms with Gasteiger partial charge in [-0.3, -0.25) is 14.4 Å². The summed E-state index contributed by atoms with van der Waals surface area (Å²) in [6.07, 6.45) is 5.46. The first-order chi connectivity index (χ1) is 13.4. The van der Waals surface area contributed by atoms with Crippen LogP contribution in [0.2, 0.25) is 0 Å². The minimum Gasteiger partial charge on any atom is -0.464 e. The van der Waals surface area contributed by atoms with Gasteiger partial charge in [-0.15, -0.1) is 13.2 Å². The van der Waals surface area contributed by atoms with Gasteiger partial charge in [0.15, 0.2) is 0 Å². The minimum absolute atomic E-state index is 0.0198. The highest BCUT2D eigenvalue weighted by Gasteiger charge is 2.22. The van der Waals surface area contributed by atoms with Crippen molar-refractivity contribution in [2.75, 3.05) is 33.0 Å². The molecule has 0 saturated heterocycles. The van der Waals surface area contributed by atoms with E-state index in [1.54, 1.807) is 19.1 Å². The summed E-state index contributed by atoms with van der Waals surface area (Å²) in [7, 11) is 0. The third-order valence-corrected chi connectivity index (χ3v) is 3.73. The molecule has 8 heteroatoms. The molecular weight excluding hydrogens is 364 g/mol. The summed E-state index contributed by atoms with van der Waals surface area (Å²) in [5.74, 6) is -1.42. The van der Waals surface area contributed by atoms with Crippen LogP contribution in [0.5, 0.6) is 0 Å². The van der Waals surface area contributed by atoms with E-state index in [0.29, 0.717) is 32.4 Å². The summed E-state index contributed by atoms with van der Waals surface area (Å²) in [5, 5.41) is 14.0. The molecule has 0 heterocycles. The van der Waals surface area contributed by atoms with Crippen LogP contribution in [0.25, 0.3) is 0 Å². The number of allylic oxidation sites excluding steroid dienone is 2. The average Bonchev–Trinajstić information content (AvgIpc) is 2.66. The number of carbonyl (C=O) groups is 3. The number of unbranched alkanes of at least 4 members (excludes halogenated alkanes) is 1. The molecule has 0 aromatic heterocycles. The number of amides is 2. The maximum absolute atomic E-state index is 12.4.